The highest BCUT2D eigenvalue weighted by Crippen LogP contribution is 2.26. The monoisotopic (exact) mass is 303 g/mol. The molecule has 120 valence electrons. The van der Waals surface area contributed by atoms with Gasteiger partial charge in [0, 0.05) is 44.6 Å². The molecule has 0 spiro atoms. The van der Waals surface area contributed by atoms with Crippen LogP contribution in [0, 0.1) is 0 Å². The number of rotatable bonds is 4. The van der Waals surface area contributed by atoms with Gasteiger partial charge >= 0.3 is 0 Å². The molecule has 1 saturated carbocycles. The first-order chi connectivity index (χ1) is 10.8. The van der Waals surface area contributed by atoms with Gasteiger partial charge in [-0.3, -0.25) is 4.79 Å². The summed E-state index contributed by atoms with van der Waals surface area (Å²) in [5.74, 6) is 0.461. The van der Waals surface area contributed by atoms with Gasteiger partial charge in [-0.2, -0.15) is 0 Å². The molecule has 2 heterocycles. The van der Waals surface area contributed by atoms with E-state index in [9.17, 15) is 4.79 Å². The van der Waals surface area contributed by atoms with Crippen LogP contribution in [0.2, 0.25) is 0 Å². The zero-order chi connectivity index (χ0) is 15.4. The van der Waals surface area contributed by atoms with Crippen LogP contribution < -0.4 is 10.6 Å². The first-order valence-corrected chi connectivity index (χ1v) is 8.31. The van der Waals surface area contributed by atoms with E-state index in [1.54, 1.807) is 19.4 Å². The Morgan fingerprint density at radius 2 is 1.77 bits per heavy atom. The van der Waals surface area contributed by atoms with Crippen LogP contribution in [0.4, 0.5) is 5.95 Å². The maximum Gasteiger partial charge on any atom is 0.254 e. The molecule has 0 bridgehead atoms. The molecule has 1 aromatic heterocycles. The van der Waals surface area contributed by atoms with E-state index in [2.05, 4.69) is 25.5 Å². The van der Waals surface area contributed by atoms with Crippen molar-refractivity contribution in [2.24, 2.45) is 0 Å². The van der Waals surface area contributed by atoms with Crippen molar-refractivity contribution in [1.29, 1.82) is 0 Å². The van der Waals surface area contributed by atoms with Gasteiger partial charge in [0.1, 0.15) is 0 Å². The molecule has 2 fully saturated rings. The van der Waals surface area contributed by atoms with Gasteiger partial charge in [0.05, 0.1) is 5.56 Å². The fourth-order valence-electron chi connectivity index (χ4n) is 3.52. The van der Waals surface area contributed by atoms with E-state index in [1.807, 2.05) is 0 Å². The van der Waals surface area contributed by atoms with Gasteiger partial charge in [0.2, 0.25) is 5.95 Å². The zero-order valence-electron chi connectivity index (χ0n) is 13.2. The van der Waals surface area contributed by atoms with E-state index in [1.165, 1.54) is 25.7 Å². The molecular weight excluding hydrogens is 278 g/mol. The lowest BCUT2D eigenvalue weighted by molar-refractivity contribution is 0.0892. The van der Waals surface area contributed by atoms with E-state index < -0.39 is 0 Å². The van der Waals surface area contributed by atoms with Crippen molar-refractivity contribution >= 4 is 11.9 Å². The molecule has 1 saturated heterocycles. The number of hydrogen-bond acceptors (Lipinski definition) is 5. The van der Waals surface area contributed by atoms with Gasteiger partial charge in [0.15, 0.2) is 0 Å². The largest absolute Gasteiger partial charge is 0.357 e. The highest BCUT2D eigenvalue weighted by molar-refractivity contribution is 5.93. The van der Waals surface area contributed by atoms with E-state index in [4.69, 9.17) is 0 Å². The Balaban J connectivity index is 1.48. The summed E-state index contributed by atoms with van der Waals surface area (Å²) in [4.78, 5) is 23.0. The zero-order valence-corrected chi connectivity index (χ0v) is 13.2. The molecule has 2 aliphatic rings. The smallest absolute Gasteiger partial charge is 0.254 e. The standard InChI is InChI=1S/C16H25N5O/c1-17-16-18-10-12(11-19-16)15(22)20-13-6-8-21(9-7-13)14-4-2-3-5-14/h10-11,13-14H,2-9H2,1H3,(H,20,22)(H,17,18,19). The Morgan fingerprint density at radius 3 is 2.36 bits per heavy atom. The number of nitrogens with zero attached hydrogens (tertiary/aromatic N) is 3. The van der Waals surface area contributed by atoms with Crippen LogP contribution in [0.5, 0.6) is 0 Å². The summed E-state index contributed by atoms with van der Waals surface area (Å²) in [7, 11) is 1.76. The molecule has 1 aliphatic heterocycles. The molecule has 22 heavy (non-hydrogen) atoms. The number of piperidine rings is 1. The highest BCUT2D eigenvalue weighted by Gasteiger charge is 2.27. The van der Waals surface area contributed by atoms with E-state index in [-0.39, 0.29) is 11.9 Å². The lowest BCUT2D eigenvalue weighted by Crippen LogP contribution is -2.47. The molecule has 1 amide bonds. The lowest BCUT2D eigenvalue weighted by Gasteiger charge is -2.36. The minimum absolute atomic E-state index is 0.0676. The van der Waals surface area contributed by atoms with Crippen LogP contribution in [0.15, 0.2) is 12.4 Å². The maximum absolute atomic E-state index is 12.2. The number of nitrogens with one attached hydrogen (secondary N) is 2. The number of carbonyl (C=O) groups is 1. The first-order valence-electron chi connectivity index (χ1n) is 8.31. The third-order valence-corrected chi connectivity index (χ3v) is 4.84. The summed E-state index contributed by atoms with van der Waals surface area (Å²) in [5, 5.41) is 5.96. The van der Waals surface area contributed by atoms with Gasteiger partial charge in [-0.15, -0.1) is 0 Å². The fourth-order valence-corrected chi connectivity index (χ4v) is 3.52. The van der Waals surface area contributed by atoms with E-state index in [0.29, 0.717) is 11.5 Å². The summed E-state index contributed by atoms with van der Waals surface area (Å²) in [6.07, 6.45) is 10.7. The third kappa shape index (κ3) is 3.55. The number of likely N-dealkylation sites (tertiary alicyclic amines) is 1. The molecule has 3 rings (SSSR count). The number of carbonyl (C=O) groups excluding carboxylic acids is 1. The second kappa shape index (κ2) is 7.05. The van der Waals surface area contributed by atoms with Crippen molar-refractivity contribution in [3.05, 3.63) is 18.0 Å². The molecule has 6 heteroatoms. The molecule has 1 aromatic rings. The maximum atomic E-state index is 12.2. The van der Waals surface area contributed by atoms with Gasteiger partial charge in [-0.05, 0) is 25.7 Å². The summed E-state index contributed by atoms with van der Waals surface area (Å²) in [6.45, 7) is 2.20. The topological polar surface area (TPSA) is 70.2 Å². The molecule has 0 aromatic carbocycles. The molecule has 6 nitrogen and oxygen atoms in total. The van der Waals surface area contributed by atoms with Crippen molar-refractivity contribution in [3.63, 3.8) is 0 Å². The summed E-state index contributed by atoms with van der Waals surface area (Å²) >= 11 is 0. The van der Waals surface area contributed by atoms with E-state index in [0.717, 1.165) is 32.0 Å². The minimum atomic E-state index is -0.0676. The summed E-state index contributed by atoms with van der Waals surface area (Å²) in [6, 6.07) is 1.06. The van der Waals surface area contributed by atoms with Crippen LogP contribution in [-0.4, -0.2) is 53.0 Å². The number of aromatic nitrogens is 2. The quantitative estimate of drug-likeness (QED) is 0.885. The Labute approximate surface area is 131 Å². The van der Waals surface area contributed by atoms with Gasteiger partial charge in [0.25, 0.3) is 5.91 Å². The second-order valence-corrected chi connectivity index (χ2v) is 6.27. The predicted molar refractivity (Wildman–Crippen MR) is 85.9 cm³/mol. The van der Waals surface area contributed by atoms with Crippen LogP contribution in [0.3, 0.4) is 0 Å². The Bertz CT molecular complexity index is 490. The number of hydrogen-bond donors (Lipinski definition) is 2. The number of amides is 1. The molecule has 1 aliphatic carbocycles. The SMILES string of the molecule is CNc1ncc(C(=O)NC2CCN(C3CCCC3)CC2)cn1. The van der Waals surface area contributed by atoms with Gasteiger partial charge in [-0.25, -0.2) is 9.97 Å². The van der Waals surface area contributed by atoms with Crippen molar-refractivity contribution in [2.45, 2.75) is 50.6 Å². The first kappa shape index (κ1) is 15.2. The Hall–Kier alpha value is -1.69. The Morgan fingerprint density at radius 1 is 1.14 bits per heavy atom. The molecule has 2 N–H and O–H groups in total. The molecular formula is C16H25N5O. The molecule has 0 unspecified atom stereocenters. The van der Waals surface area contributed by atoms with Crippen molar-refractivity contribution < 1.29 is 4.79 Å². The average molecular weight is 303 g/mol. The van der Waals surface area contributed by atoms with Crippen LogP contribution >= 0.6 is 0 Å². The third-order valence-electron chi connectivity index (χ3n) is 4.84. The van der Waals surface area contributed by atoms with Crippen molar-refractivity contribution in [3.8, 4) is 0 Å². The fraction of sp³-hybridized carbons (Fsp3) is 0.688. The van der Waals surface area contributed by atoms with Gasteiger partial charge in [-0.1, -0.05) is 12.8 Å². The lowest BCUT2D eigenvalue weighted by atomic mass is 10.0. The van der Waals surface area contributed by atoms with Crippen LogP contribution in [-0.2, 0) is 0 Å². The minimum Gasteiger partial charge on any atom is -0.357 e. The second-order valence-electron chi connectivity index (χ2n) is 6.27. The Kier molecular flexibility index (Phi) is 4.87. The van der Waals surface area contributed by atoms with Crippen LogP contribution in [0.25, 0.3) is 0 Å². The molecule has 0 radical (unpaired) electrons. The van der Waals surface area contributed by atoms with Gasteiger partial charge < -0.3 is 15.5 Å². The van der Waals surface area contributed by atoms with Crippen molar-refractivity contribution in [1.82, 2.24) is 20.2 Å². The summed E-state index contributed by atoms with van der Waals surface area (Å²) < 4.78 is 0. The normalized spacial score (nSPS) is 21.0. The van der Waals surface area contributed by atoms with Crippen LogP contribution in [0.1, 0.15) is 48.9 Å². The predicted octanol–water partition coefficient (Wildman–Crippen LogP) is 1.66. The highest BCUT2D eigenvalue weighted by atomic mass is 16.1. The average Bonchev–Trinajstić information content (AvgIpc) is 3.10. The molecule has 0 atom stereocenters. The summed E-state index contributed by atoms with van der Waals surface area (Å²) in [5.41, 5.74) is 0.525. The number of anilines is 1. The van der Waals surface area contributed by atoms with E-state index >= 15 is 0 Å². The van der Waals surface area contributed by atoms with Crippen molar-refractivity contribution in [2.75, 3.05) is 25.5 Å².